The Morgan fingerprint density at radius 3 is 2.81 bits per heavy atom. The SMILES string of the molecule is COc1ccc(CCC(=O)Nc2cccc(-c3nnnn3C)c2)cc1Br. The van der Waals surface area contributed by atoms with Crippen molar-refractivity contribution in [3.8, 4) is 17.1 Å². The third-order valence-corrected chi connectivity index (χ3v) is 4.50. The van der Waals surface area contributed by atoms with Gasteiger partial charge in [-0.1, -0.05) is 18.2 Å². The summed E-state index contributed by atoms with van der Waals surface area (Å²) >= 11 is 3.46. The third kappa shape index (κ3) is 4.26. The van der Waals surface area contributed by atoms with E-state index in [4.69, 9.17) is 4.74 Å². The number of methoxy groups -OCH3 is 1. The van der Waals surface area contributed by atoms with Gasteiger partial charge in [0.25, 0.3) is 0 Å². The van der Waals surface area contributed by atoms with Crippen molar-refractivity contribution >= 4 is 27.5 Å². The van der Waals surface area contributed by atoms with Crippen molar-refractivity contribution in [2.45, 2.75) is 12.8 Å². The predicted molar refractivity (Wildman–Crippen MR) is 102 cm³/mol. The number of halogens is 1. The van der Waals surface area contributed by atoms with E-state index in [-0.39, 0.29) is 5.91 Å². The lowest BCUT2D eigenvalue weighted by molar-refractivity contribution is -0.116. The van der Waals surface area contributed by atoms with Gasteiger partial charge in [0.15, 0.2) is 5.82 Å². The molecular formula is C18H18BrN5O2. The molecule has 0 fully saturated rings. The summed E-state index contributed by atoms with van der Waals surface area (Å²) in [5.74, 6) is 1.36. The van der Waals surface area contributed by atoms with Crippen LogP contribution < -0.4 is 10.1 Å². The van der Waals surface area contributed by atoms with Crippen molar-refractivity contribution in [1.29, 1.82) is 0 Å². The molecule has 26 heavy (non-hydrogen) atoms. The van der Waals surface area contributed by atoms with Crippen LogP contribution in [0.1, 0.15) is 12.0 Å². The molecule has 0 spiro atoms. The van der Waals surface area contributed by atoms with Crippen molar-refractivity contribution in [3.63, 3.8) is 0 Å². The van der Waals surface area contributed by atoms with Crippen LogP contribution in [-0.4, -0.2) is 33.2 Å². The van der Waals surface area contributed by atoms with Crippen molar-refractivity contribution in [3.05, 3.63) is 52.5 Å². The first kappa shape index (κ1) is 18.1. The van der Waals surface area contributed by atoms with Crippen molar-refractivity contribution in [2.24, 2.45) is 7.05 Å². The Morgan fingerprint density at radius 2 is 2.12 bits per heavy atom. The molecule has 3 rings (SSSR count). The van der Waals surface area contributed by atoms with Gasteiger partial charge in [-0.2, -0.15) is 0 Å². The highest BCUT2D eigenvalue weighted by atomic mass is 79.9. The van der Waals surface area contributed by atoms with Crippen LogP contribution in [0.4, 0.5) is 5.69 Å². The second kappa shape index (κ2) is 8.09. The van der Waals surface area contributed by atoms with E-state index in [9.17, 15) is 4.79 Å². The maximum absolute atomic E-state index is 12.3. The van der Waals surface area contributed by atoms with Gasteiger partial charge in [0, 0.05) is 24.7 Å². The minimum absolute atomic E-state index is 0.0508. The van der Waals surface area contributed by atoms with Gasteiger partial charge in [-0.15, -0.1) is 5.10 Å². The van der Waals surface area contributed by atoms with Crippen LogP contribution in [0.25, 0.3) is 11.4 Å². The first-order valence-corrected chi connectivity index (χ1v) is 8.81. The molecule has 1 N–H and O–H groups in total. The van der Waals surface area contributed by atoms with Gasteiger partial charge in [-0.05, 0) is 62.6 Å². The highest BCUT2D eigenvalue weighted by molar-refractivity contribution is 9.10. The molecule has 0 aliphatic rings. The van der Waals surface area contributed by atoms with E-state index < -0.39 is 0 Å². The zero-order valence-electron chi connectivity index (χ0n) is 14.4. The largest absolute Gasteiger partial charge is 0.496 e. The van der Waals surface area contributed by atoms with Crippen LogP contribution in [-0.2, 0) is 18.3 Å². The Labute approximate surface area is 159 Å². The molecule has 2 aromatic carbocycles. The van der Waals surface area contributed by atoms with E-state index in [2.05, 4.69) is 36.8 Å². The molecular weight excluding hydrogens is 398 g/mol. The Balaban J connectivity index is 1.62. The quantitative estimate of drug-likeness (QED) is 0.668. The molecule has 0 radical (unpaired) electrons. The van der Waals surface area contributed by atoms with Crippen molar-refractivity contribution in [2.75, 3.05) is 12.4 Å². The number of tetrazole rings is 1. The monoisotopic (exact) mass is 415 g/mol. The zero-order valence-corrected chi connectivity index (χ0v) is 16.0. The Bertz CT molecular complexity index is 925. The molecule has 0 aliphatic carbocycles. The summed E-state index contributed by atoms with van der Waals surface area (Å²) in [6.45, 7) is 0. The summed E-state index contributed by atoms with van der Waals surface area (Å²) in [7, 11) is 3.39. The predicted octanol–water partition coefficient (Wildman–Crippen LogP) is 3.22. The van der Waals surface area contributed by atoms with E-state index in [1.54, 1.807) is 18.8 Å². The number of amides is 1. The lowest BCUT2D eigenvalue weighted by Gasteiger charge is -2.08. The van der Waals surface area contributed by atoms with Crippen LogP contribution in [0.2, 0.25) is 0 Å². The Hall–Kier alpha value is -2.74. The maximum atomic E-state index is 12.3. The van der Waals surface area contributed by atoms with Crippen molar-refractivity contribution in [1.82, 2.24) is 20.2 Å². The fraction of sp³-hybridized carbons (Fsp3) is 0.222. The van der Waals surface area contributed by atoms with Crippen LogP contribution in [0, 0.1) is 0 Å². The number of anilines is 1. The number of carbonyl (C=O) groups is 1. The van der Waals surface area contributed by atoms with E-state index in [0.29, 0.717) is 24.4 Å². The van der Waals surface area contributed by atoms with Gasteiger partial charge >= 0.3 is 0 Å². The molecule has 3 aromatic rings. The zero-order chi connectivity index (χ0) is 18.5. The van der Waals surface area contributed by atoms with Crippen molar-refractivity contribution < 1.29 is 9.53 Å². The number of ether oxygens (including phenoxy) is 1. The smallest absolute Gasteiger partial charge is 0.224 e. The standard InChI is InChI=1S/C18H18BrN5O2/c1-24-18(21-22-23-24)13-4-3-5-14(11-13)20-17(25)9-7-12-6-8-16(26-2)15(19)10-12/h3-6,8,10-11H,7,9H2,1-2H3,(H,20,25). The topological polar surface area (TPSA) is 81.9 Å². The lowest BCUT2D eigenvalue weighted by Crippen LogP contribution is -2.12. The first-order chi connectivity index (χ1) is 12.6. The minimum atomic E-state index is -0.0508. The summed E-state index contributed by atoms with van der Waals surface area (Å²) < 4.78 is 7.68. The first-order valence-electron chi connectivity index (χ1n) is 8.02. The summed E-state index contributed by atoms with van der Waals surface area (Å²) in [5, 5.41) is 14.4. The number of rotatable bonds is 6. The third-order valence-electron chi connectivity index (χ3n) is 3.88. The molecule has 0 atom stereocenters. The molecule has 8 heteroatoms. The van der Waals surface area contributed by atoms with E-state index in [0.717, 1.165) is 21.3 Å². The van der Waals surface area contributed by atoms with E-state index >= 15 is 0 Å². The molecule has 1 heterocycles. The van der Waals surface area contributed by atoms with Gasteiger partial charge < -0.3 is 10.1 Å². The summed E-state index contributed by atoms with van der Waals surface area (Å²) in [6, 6.07) is 13.3. The summed E-state index contributed by atoms with van der Waals surface area (Å²) in [4.78, 5) is 12.3. The van der Waals surface area contributed by atoms with E-state index in [1.807, 2.05) is 42.5 Å². The normalized spacial score (nSPS) is 10.6. The van der Waals surface area contributed by atoms with Crippen LogP contribution >= 0.6 is 15.9 Å². The second-order valence-electron chi connectivity index (χ2n) is 5.72. The number of nitrogens with zero attached hydrogens (tertiary/aromatic N) is 4. The van der Waals surface area contributed by atoms with Crippen LogP contribution in [0.5, 0.6) is 5.75 Å². The van der Waals surface area contributed by atoms with Gasteiger partial charge in [0.1, 0.15) is 5.75 Å². The number of aromatic nitrogens is 4. The molecule has 1 aromatic heterocycles. The highest BCUT2D eigenvalue weighted by Gasteiger charge is 2.09. The number of aryl methyl sites for hydroxylation is 2. The molecule has 1 amide bonds. The van der Waals surface area contributed by atoms with Gasteiger partial charge in [-0.3, -0.25) is 4.79 Å². The van der Waals surface area contributed by atoms with E-state index in [1.165, 1.54) is 0 Å². The minimum Gasteiger partial charge on any atom is -0.496 e. The number of hydrogen-bond acceptors (Lipinski definition) is 5. The number of benzene rings is 2. The van der Waals surface area contributed by atoms with Crippen LogP contribution in [0.3, 0.4) is 0 Å². The molecule has 0 aliphatic heterocycles. The fourth-order valence-electron chi connectivity index (χ4n) is 2.56. The second-order valence-corrected chi connectivity index (χ2v) is 6.58. The maximum Gasteiger partial charge on any atom is 0.224 e. The molecule has 134 valence electrons. The highest BCUT2D eigenvalue weighted by Crippen LogP contribution is 2.26. The summed E-state index contributed by atoms with van der Waals surface area (Å²) in [5.41, 5.74) is 2.62. The fourth-order valence-corrected chi connectivity index (χ4v) is 3.14. The molecule has 7 nitrogen and oxygen atoms in total. The molecule has 0 bridgehead atoms. The lowest BCUT2D eigenvalue weighted by atomic mass is 10.1. The molecule has 0 saturated carbocycles. The number of carbonyl (C=O) groups excluding carboxylic acids is 1. The number of nitrogens with one attached hydrogen (secondary N) is 1. The number of hydrogen-bond donors (Lipinski definition) is 1. The van der Waals surface area contributed by atoms with Gasteiger partial charge in [0.05, 0.1) is 11.6 Å². The average molecular weight is 416 g/mol. The Kier molecular flexibility index (Phi) is 5.62. The van der Waals surface area contributed by atoms with Gasteiger partial charge in [0.2, 0.25) is 5.91 Å². The van der Waals surface area contributed by atoms with Gasteiger partial charge in [-0.25, -0.2) is 4.68 Å². The average Bonchev–Trinajstić information content (AvgIpc) is 3.06. The molecule has 0 saturated heterocycles. The summed E-state index contributed by atoms with van der Waals surface area (Å²) in [6.07, 6.45) is 1.02. The van der Waals surface area contributed by atoms with Crippen LogP contribution in [0.15, 0.2) is 46.9 Å². The Morgan fingerprint density at radius 1 is 1.27 bits per heavy atom. The molecule has 0 unspecified atom stereocenters.